The average Bonchev–Trinajstić information content (AvgIpc) is 2.88. The zero-order chi connectivity index (χ0) is 12.9. The molecule has 0 aliphatic heterocycles. The van der Waals surface area contributed by atoms with Crippen molar-refractivity contribution in [2.45, 2.75) is 26.7 Å². The van der Waals surface area contributed by atoms with Gasteiger partial charge in [-0.2, -0.15) is 0 Å². The highest BCUT2D eigenvalue weighted by molar-refractivity contribution is 7.12. The van der Waals surface area contributed by atoms with E-state index in [-0.39, 0.29) is 5.91 Å². The summed E-state index contributed by atoms with van der Waals surface area (Å²) < 4.78 is 5.71. The summed E-state index contributed by atoms with van der Waals surface area (Å²) in [6, 6.07) is 0. The molecule has 0 bridgehead atoms. The number of aromatic nitrogens is 1. The van der Waals surface area contributed by atoms with E-state index < -0.39 is 0 Å². The number of carbonyl (C=O) groups is 1. The number of carbonyl (C=O) groups excluding carboxylic acids is 1. The minimum atomic E-state index is -0.171. The second-order valence-electron chi connectivity index (χ2n) is 4.44. The number of hydrogen-bond acceptors (Lipinski definition) is 4. The van der Waals surface area contributed by atoms with E-state index in [0.29, 0.717) is 5.76 Å². The maximum Gasteiger partial charge on any atom is 0.287 e. The van der Waals surface area contributed by atoms with Crippen molar-refractivity contribution < 1.29 is 9.21 Å². The van der Waals surface area contributed by atoms with Gasteiger partial charge in [-0.05, 0) is 20.3 Å². The Balaban J connectivity index is 2.21. The average molecular weight is 262 g/mol. The number of thiazole rings is 1. The van der Waals surface area contributed by atoms with Crippen LogP contribution in [0.5, 0.6) is 0 Å². The molecule has 4 nitrogen and oxygen atoms in total. The van der Waals surface area contributed by atoms with Crippen LogP contribution in [0.4, 0.5) is 0 Å². The molecule has 0 unspecified atom stereocenters. The third kappa shape index (κ3) is 1.50. The highest BCUT2D eigenvalue weighted by Crippen LogP contribution is 2.40. The summed E-state index contributed by atoms with van der Waals surface area (Å²) in [7, 11) is 1.61. The zero-order valence-corrected chi connectivity index (χ0v) is 11.4. The normalized spacial score (nSPS) is 13.1. The molecule has 1 amide bonds. The molecule has 3 rings (SSSR count). The van der Waals surface area contributed by atoms with Crippen molar-refractivity contribution in [3.05, 3.63) is 27.0 Å². The third-order valence-corrected chi connectivity index (χ3v) is 4.30. The van der Waals surface area contributed by atoms with E-state index in [1.807, 2.05) is 13.8 Å². The fraction of sp³-hybridized carbons (Fsp3) is 0.385. The van der Waals surface area contributed by atoms with E-state index in [2.05, 4.69) is 10.3 Å². The summed E-state index contributed by atoms with van der Waals surface area (Å²) in [5.74, 6) is 1.14. The van der Waals surface area contributed by atoms with Crippen LogP contribution < -0.4 is 5.32 Å². The maximum absolute atomic E-state index is 11.7. The van der Waals surface area contributed by atoms with E-state index in [1.165, 1.54) is 4.88 Å². The fourth-order valence-electron chi connectivity index (χ4n) is 2.45. The molecule has 0 radical (unpaired) electrons. The van der Waals surface area contributed by atoms with Gasteiger partial charge in [0.15, 0.2) is 5.76 Å². The van der Waals surface area contributed by atoms with Gasteiger partial charge in [-0.15, -0.1) is 11.3 Å². The SMILES string of the molecule is CNC(=O)c1oc2c(c1C)-c1nc(C)sc1CC2. The second-order valence-corrected chi connectivity index (χ2v) is 5.73. The van der Waals surface area contributed by atoms with Crippen LogP contribution in [0.25, 0.3) is 11.3 Å². The van der Waals surface area contributed by atoms with Gasteiger partial charge >= 0.3 is 0 Å². The lowest BCUT2D eigenvalue weighted by atomic mass is 9.97. The zero-order valence-electron chi connectivity index (χ0n) is 10.6. The number of nitrogens with one attached hydrogen (secondary N) is 1. The summed E-state index contributed by atoms with van der Waals surface area (Å²) in [6.07, 6.45) is 1.80. The van der Waals surface area contributed by atoms with Gasteiger partial charge in [0.2, 0.25) is 0 Å². The molecule has 18 heavy (non-hydrogen) atoms. The van der Waals surface area contributed by atoms with Crippen molar-refractivity contribution in [2.24, 2.45) is 0 Å². The molecule has 0 spiro atoms. The molecule has 0 aromatic carbocycles. The first-order chi connectivity index (χ1) is 8.61. The van der Waals surface area contributed by atoms with Crippen molar-refractivity contribution in [2.75, 3.05) is 7.05 Å². The number of furan rings is 1. The lowest BCUT2D eigenvalue weighted by Crippen LogP contribution is -2.17. The lowest BCUT2D eigenvalue weighted by Gasteiger charge is -2.09. The van der Waals surface area contributed by atoms with Crippen molar-refractivity contribution in [1.82, 2.24) is 10.3 Å². The quantitative estimate of drug-likeness (QED) is 0.859. The summed E-state index contributed by atoms with van der Waals surface area (Å²) >= 11 is 1.73. The Bertz CT molecular complexity index is 640. The highest BCUT2D eigenvalue weighted by Gasteiger charge is 2.29. The molecular weight excluding hydrogens is 248 g/mol. The predicted octanol–water partition coefficient (Wildman–Crippen LogP) is 2.48. The van der Waals surface area contributed by atoms with Gasteiger partial charge < -0.3 is 9.73 Å². The van der Waals surface area contributed by atoms with Crippen LogP contribution in [-0.4, -0.2) is 17.9 Å². The Hall–Kier alpha value is -1.62. The highest BCUT2D eigenvalue weighted by atomic mass is 32.1. The van der Waals surface area contributed by atoms with Gasteiger partial charge in [-0.25, -0.2) is 4.98 Å². The molecule has 0 fully saturated rings. The molecule has 5 heteroatoms. The first-order valence-corrected chi connectivity index (χ1v) is 6.74. The molecule has 2 aromatic heterocycles. The van der Waals surface area contributed by atoms with Crippen LogP contribution in [0.15, 0.2) is 4.42 Å². The first kappa shape index (κ1) is 11.5. The Morgan fingerprint density at radius 1 is 1.39 bits per heavy atom. The number of rotatable bonds is 1. The predicted molar refractivity (Wildman–Crippen MR) is 70.1 cm³/mol. The number of aryl methyl sites for hydroxylation is 3. The van der Waals surface area contributed by atoms with Gasteiger partial charge in [0.1, 0.15) is 5.76 Å². The summed E-state index contributed by atoms with van der Waals surface area (Å²) in [4.78, 5) is 17.6. The Morgan fingerprint density at radius 3 is 2.89 bits per heavy atom. The Labute approximate surface area is 109 Å². The Kier molecular flexibility index (Phi) is 2.52. The largest absolute Gasteiger partial charge is 0.455 e. The van der Waals surface area contributed by atoms with Crippen molar-refractivity contribution >= 4 is 17.2 Å². The monoisotopic (exact) mass is 262 g/mol. The van der Waals surface area contributed by atoms with Gasteiger partial charge in [-0.1, -0.05) is 0 Å². The number of hydrogen-bond donors (Lipinski definition) is 1. The molecule has 1 N–H and O–H groups in total. The van der Waals surface area contributed by atoms with Crippen molar-refractivity contribution in [3.8, 4) is 11.3 Å². The second kappa shape index (κ2) is 3.95. The molecule has 1 aliphatic carbocycles. The van der Waals surface area contributed by atoms with Crippen LogP contribution in [0.3, 0.4) is 0 Å². The van der Waals surface area contributed by atoms with E-state index in [1.54, 1.807) is 18.4 Å². The Morgan fingerprint density at radius 2 is 2.17 bits per heavy atom. The fourth-order valence-corrected chi connectivity index (χ4v) is 3.39. The maximum atomic E-state index is 11.7. The van der Waals surface area contributed by atoms with Crippen LogP contribution in [0.1, 0.15) is 31.8 Å². The van der Waals surface area contributed by atoms with Gasteiger partial charge in [0, 0.05) is 29.5 Å². The van der Waals surface area contributed by atoms with Crippen molar-refractivity contribution in [3.63, 3.8) is 0 Å². The molecule has 1 aliphatic rings. The molecule has 2 aromatic rings. The van der Waals surface area contributed by atoms with Crippen LogP contribution >= 0.6 is 11.3 Å². The van der Waals surface area contributed by atoms with E-state index in [9.17, 15) is 4.79 Å². The molecular formula is C13H14N2O2S. The van der Waals surface area contributed by atoms with E-state index in [0.717, 1.165) is 40.4 Å². The molecule has 94 valence electrons. The number of nitrogens with zero attached hydrogens (tertiary/aromatic N) is 1. The van der Waals surface area contributed by atoms with Gasteiger partial charge in [0.05, 0.1) is 10.7 Å². The summed E-state index contributed by atoms with van der Waals surface area (Å²) in [6.45, 7) is 3.94. The lowest BCUT2D eigenvalue weighted by molar-refractivity contribution is 0.0933. The minimum Gasteiger partial charge on any atom is -0.455 e. The standard InChI is InChI=1S/C13H14N2O2S/c1-6-10-8(17-12(6)13(16)14-3)4-5-9-11(10)15-7(2)18-9/h4-5H2,1-3H3,(H,14,16). The van der Waals surface area contributed by atoms with Gasteiger partial charge in [0.25, 0.3) is 5.91 Å². The first-order valence-electron chi connectivity index (χ1n) is 5.92. The van der Waals surface area contributed by atoms with Crippen molar-refractivity contribution in [1.29, 1.82) is 0 Å². The smallest absolute Gasteiger partial charge is 0.287 e. The molecule has 2 heterocycles. The van der Waals surface area contributed by atoms with Crippen LogP contribution in [0, 0.1) is 13.8 Å². The van der Waals surface area contributed by atoms with Crippen LogP contribution in [0.2, 0.25) is 0 Å². The minimum absolute atomic E-state index is 0.171. The summed E-state index contributed by atoms with van der Waals surface area (Å²) in [5.41, 5.74) is 2.94. The van der Waals surface area contributed by atoms with E-state index >= 15 is 0 Å². The van der Waals surface area contributed by atoms with Crippen LogP contribution in [-0.2, 0) is 12.8 Å². The van der Waals surface area contributed by atoms with E-state index in [4.69, 9.17) is 4.42 Å². The van der Waals surface area contributed by atoms with Gasteiger partial charge in [-0.3, -0.25) is 4.79 Å². The molecule has 0 atom stereocenters. The topological polar surface area (TPSA) is 55.1 Å². The molecule has 0 saturated carbocycles. The summed E-state index contributed by atoms with van der Waals surface area (Å²) in [5, 5.41) is 3.67. The third-order valence-electron chi connectivity index (χ3n) is 3.27. The molecule has 0 saturated heterocycles. The number of fused-ring (bicyclic) bond motifs is 3. The number of amides is 1.